The summed E-state index contributed by atoms with van der Waals surface area (Å²) >= 11 is 0. The van der Waals surface area contributed by atoms with Crippen LogP contribution in [0, 0.1) is 29.6 Å². The molecule has 4 aliphatic rings. The molecule has 1 aromatic rings. The zero-order chi connectivity index (χ0) is 22.9. The maximum atomic E-state index is 14.8. The maximum Gasteiger partial charge on any atom is 0.309 e. The van der Waals surface area contributed by atoms with Crippen LogP contribution in [0.25, 0.3) is 0 Å². The molecule has 1 aromatic heterocycles. The second-order valence-electron chi connectivity index (χ2n) is 10.7. The number of hydrogen-bond donors (Lipinski definition) is 0. The van der Waals surface area contributed by atoms with Gasteiger partial charge in [0.1, 0.15) is 12.0 Å². The minimum Gasteiger partial charge on any atom is -0.465 e. The summed E-state index contributed by atoms with van der Waals surface area (Å²) in [6.07, 6.45) is 9.41. The number of nitrogens with zero attached hydrogens (tertiary/aromatic N) is 4. The Labute approximate surface area is 196 Å². The first-order valence-corrected chi connectivity index (χ1v) is 12.8. The van der Waals surface area contributed by atoms with Crippen LogP contribution in [0.2, 0.25) is 0 Å². The highest BCUT2D eigenvalue weighted by Gasteiger charge is 2.45. The van der Waals surface area contributed by atoms with E-state index < -0.39 is 6.17 Å². The first-order chi connectivity index (χ1) is 16.0. The van der Waals surface area contributed by atoms with E-state index in [1.807, 2.05) is 12.4 Å². The smallest absolute Gasteiger partial charge is 0.309 e. The van der Waals surface area contributed by atoms with Crippen molar-refractivity contribution in [3.05, 3.63) is 23.3 Å². The third kappa shape index (κ3) is 4.71. The molecule has 2 saturated carbocycles. The molecule has 7 unspecified atom stereocenters. The summed E-state index contributed by atoms with van der Waals surface area (Å²) in [6.45, 7) is 5.87. The molecule has 2 aliphatic carbocycles. The molecule has 180 valence electrons. The molecule has 7 heteroatoms. The quantitative estimate of drug-likeness (QED) is 0.495. The van der Waals surface area contributed by atoms with Crippen LogP contribution in [0.5, 0.6) is 0 Å². The Balaban J connectivity index is 1.15. The summed E-state index contributed by atoms with van der Waals surface area (Å²) in [5, 5.41) is 0. The van der Waals surface area contributed by atoms with Crippen LogP contribution in [0.3, 0.4) is 0 Å². The number of aromatic nitrogens is 2. The number of aliphatic imine (C=N–C) groups is 1. The van der Waals surface area contributed by atoms with Gasteiger partial charge in [-0.15, -0.1) is 0 Å². The minimum atomic E-state index is -0.891. The zero-order valence-electron chi connectivity index (χ0n) is 20.0. The van der Waals surface area contributed by atoms with Gasteiger partial charge in [0.15, 0.2) is 0 Å². The number of alkyl halides is 1. The van der Waals surface area contributed by atoms with Crippen LogP contribution >= 0.6 is 0 Å². The monoisotopic (exact) mass is 456 g/mol. The highest BCUT2D eigenvalue weighted by Crippen LogP contribution is 2.44. The van der Waals surface area contributed by atoms with Crippen molar-refractivity contribution in [3.8, 4) is 0 Å². The number of esters is 1. The van der Waals surface area contributed by atoms with Gasteiger partial charge in [-0.25, -0.2) is 14.4 Å². The van der Waals surface area contributed by atoms with Gasteiger partial charge in [-0.05, 0) is 62.8 Å². The average Bonchev–Trinajstić information content (AvgIpc) is 3.20. The van der Waals surface area contributed by atoms with E-state index >= 15 is 0 Å². The molecule has 2 aliphatic heterocycles. The van der Waals surface area contributed by atoms with Crippen LogP contribution < -0.4 is 0 Å². The lowest BCUT2D eigenvalue weighted by Gasteiger charge is -2.37. The molecule has 0 spiro atoms. The highest BCUT2D eigenvalue weighted by atomic mass is 19.1. The second kappa shape index (κ2) is 9.77. The molecule has 0 radical (unpaired) electrons. The maximum absolute atomic E-state index is 14.8. The van der Waals surface area contributed by atoms with Crippen LogP contribution in [0.1, 0.15) is 68.4 Å². The fraction of sp³-hybridized carbons (Fsp3) is 0.769. The Hall–Kier alpha value is -1.89. The Kier molecular flexibility index (Phi) is 6.77. The molecule has 1 saturated heterocycles. The van der Waals surface area contributed by atoms with Gasteiger partial charge >= 0.3 is 5.97 Å². The summed E-state index contributed by atoms with van der Waals surface area (Å²) < 4.78 is 20.2. The van der Waals surface area contributed by atoms with Gasteiger partial charge in [0.2, 0.25) is 0 Å². The number of carbonyl (C=O) groups is 1. The van der Waals surface area contributed by atoms with Gasteiger partial charge in [-0.1, -0.05) is 6.92 Å². The molecule has 0 aromatic carbocycles. The van der Waals surface area contributed by atoms with Gasteiger partial charge in [-0.2, -0.15) is 0 Å². The molecular formula is C26H37FN4O2. The molecule has 0 amide bonds. The first kappa shape index (κ1) is 22.9. The van der Waals surface area contributed by atoms with E-state index in [0.29, 0.717) is 36.6 Å². The second-order valence-corrected chi connectivity index (χ2v) is 10.7. The molecule has 7 atom stereocenters. The zero-order valence-corrected chi connectivity index (χ0v) is 20.0. The van der Waals surface area contributed by atoms with Crippen molar-refractivity contribution < 1.29 is 13.9 Å². The largest absolute Gasteiger partial charge is 0.465 e. The van der Waals surface area contributed by atoms with Crippen LogP contribution in [0.15, 0.2) is 11.2 Å². The molecule has 3 heterocycles. The molecule has 33 heavy (non-hydrogen) atoms. The SMILES string of the molecule is CN=CC1CCC(c2ncc3c(n2)CCN(CCC2CCC4C(=O)OCC4C2C)C3)C(F)C1. The fourth-order valence-corrected chi connectivity index (χ4v) is 6.73. The van der Waals surface area contributed by atoms with E-state index in [-0.39, 0.29) is 23.7 Å². The van der Waals surface area contributed by atoms with E-state index in [2.05, 4.69) is 21.8 Å². The lowest BCUT2D eigenvalue weighted by molar-refractivity contribution is -0.141. The van der Waals surface area contributed by atoms with Crippen molar-refractivity contribution in [2.45, 2.75) is 70.5 Å². The topological polar surface area (TPSA) is 67.7 Å². The van der Waals surface area contributed by atoms with Crippen molar-refractivity contribution in [1.29, 1.82) is 0 Å². The highest BCUT2D eigenvalue weighted by molar-refractivity contribution is 5.74. The average molecular weight is 457 g/mol. The number of fused-ring (bicyclic) bond motifs is 2. The van der Waals surface area contributed by atoms with Crippen molar-refractivity contribution in [2.24, 2.45) is 34.6 Å². The van der Waals surface area contributed by atoms with Gasteiger partial charge in [0.05, 0.1) is 18.4 Å². The van der Waals surface area contributed by atoms with Gasteiger partial charge in [-0.3, -0.25) is 9.69 Å². The molecule has 3 fully saturated rings. The lowest BCUT2D eigenvalue weighted by Crippen LogP contribution is -2.37. The summed E-state index contributed by atoms with van der Waals surface area (Å²) in [6, 6.07) is 0. The van der Waals surface area contributed by atoms with E-state index in [9.17, 15) is 9.18 Å². The first-order valence-electron chi connectivity index (χ1n) is 12.8. The van der Waals surface area contributed by atoms with Crippen LogP contribution in [0.4, 0.5) is 4.39 Å². The molecule has 5 rings (SSSR count). The number of ether oxygens (including phenoxy) is 1. The third-order valence-corrected chi connectivity index (χ3v) is 8.86. The molecule has 6 nitrogen and oxygen atoms in total. The summed E-state index contributed by atoms with van der Waals surface area (Å²) in [5.41, 5.74) is 2.30. The molecule has 0 bridgehead atoms. The van der Waals surface area contributed by atoms with E-state index in [1.54, 1.807) is 7.05 Å². The Bertz CT molecular complexity index is 893. The Morgan fingerprint density at radius 1 is 1.27 bits per heavy atom. The van der Waals surface area contributed by atoms with Crippen molar-refractivity contribution in [3.63, 3.8) is 0 Å². The van der Waals surface area contributed by atoms with Gasteiger partial charge in [0.25, 0.3) is 0 Å². The molecular weight excluding hydrogens is 419 g/mol. The number of halogens is 1. The van der Waals surface area contributed by atoms with Gasteiger partial charge in [0, 0.05) is 56.1 Å². The fourth-order valence-electron chi connectivity index (χ4n) is 6.73. The molecule has 0 N–H and O–H groups in total. The summed E-state index contributed by atoms with van der Waals surface area (Å²) in [5.74, 6) is 2.54. The normalized spacial score (nSPS) is 37.1. The van der Waals surface area contributed by atoms with Crippen LogP contribution in [-0.2, 0) is 22.5 Å². The third-order valence-electron chi connectivity index (χ3n) is 8.86. The summed E-state index contributed by atoms with van der Waals surface area (Å²) in [4.78, 5) is 27.9. The predicted octanol–water partition coefficient (Wildman–Crippen LogP) is 3.98. The number of rotatable bonds is 5. The standard InChI is InChI=1S/C26H37FN4O2/c1-16-18(4-6-20-22(16)15-33-26(20)32)7-9-31-10-8-24-19(14-31)13-29-25(30-24)21-5-3-17(12-28-2)11-23(21)27/h12-13,16-18,20-23H,3-11,14-15H2,1-2H3. The van der Waals surface area contributed by atoms with Crippen molar-refractivity contribution in [1.82, 2.24) is 14.9 Å². The number of hydrogen-bond acceptors (Lipinski definition) is 6. The van der Waals surface area contributed by atoms with E-state index in [4.69, 9.17) is 9.72 Å². The van der Waals surface area contributed by atoms with E-state index in [0.717, 1.165) is 57.4 Å². The van der Waals surface area contributed by atoms with E-state index in [1.165, 1.54) is 12.0 Å². The predicted molar refractivity (Wildman–Crippen MR) is 125 cm³/mol. The Morgan fingerprint density at radius 3 is 2.94 bits per heavy atom. The van der Waals surface area contributed by atoms with Crippen molar-refractivity contribution in [2.75, 3.05) is 26.7 Å². The number of carbonyl (C=O) groups excluding carboxylic acids is 1. The van der Waals surface area contributed by atoms with Gasteiger partial charge < -0.3 is 9.73 Å². The number of cyclic esters (lactones) is 1. The summed E-state index contributed by atoms with van der Waals surface area (Å²) in [7, 11) is 1.76. The van der Waals surface area contributed by atoms with Crippen LogP contribution in [-0.4, -0.2) is 60.0 Å². The Morgan fingerprint density at radius 2 is 2.12 bits per heavy atom. The van der Waals surface area contributed by atoms with Crippen molar-refractivity contribution >= 4 is 12.2 Å². The minimum absolute atomic E-state index is 0.0271. The lowest BCUT2D eigenvalue weighted by atomic mass is 9.67.